The molecule has 0 aliphatic heterocycles. The van der Waals surface area contributed by atoms with Gasteiger partial charge in [0.2, 0.25) is 0 Å². The smallest absolute Gasteiger partial charge is 0.273 e. The van der Waals surface area contributed by atoms with Gasteiger partial charge in [0.25, 0.3) is 5.91 Å². The number of nitrogens with one attached hydrogen (secondary N) is 1. The van der Waals surface area contributed by atoms with E-state index >= 15 is 0 Å². The molecule has 0 fully saturated rings. The minimum absolute atomic E-state index is 0.0802. The summed E-state index contributed by atoms with van der Waals surface area (Å²) in [4.78, 5) is 12.1. The third kappa shape index (κ3) is 3.21. The first-order valence-corrected chi connectivity index (χ1v) is 6.58. The van der Waals surface area contributed by atoms with E-state index in [9.17, 15) is 4.79 Å². The monoisotopic (exact) mass is 273 g/mol. The van der Waals surface area contributed by atoms with E-state index in [4.69, 9.17) is 5.73 Å². The maximum Gasteiger partial charge on any atom is 0.273 e. The van der Waals surface area contributed by atoms with Crippen LogP contribution in [0.4, 0.5) is 0 Å². The Hall–Kier alpha value is -2.21. The van der Waals surface area contributed by atoms with Crippen LogP contribution in [0.15, 0.2) is 30.5 Å². The van der Waals surface area contributed by atoms with Gasteiger partial charge in [-0.2, -0.15) is 0 Å². The summed E-state index contributed by atoms with van der Waals surface area (Å²) in [6.45, 7) is 4.98. The van der Waals surface area contributed by atoms with Crippen molar-refractivity contribution in [2.45, 2.75) is 26.4 Å². The Kier molecular flexibility index (Phi) is 4.47. The van der Waals surface area contributed by atoms with Gasteiger partial charge in [0.1, 0.15) is 0 Å². The van der Waals surface area contributed by atoms with Gasteiger partial charge in [0, 0.05) is 6.54 Å². The number of nitrogens with two attached hydrogens (primary N) is 1. The fourth-order valence-electron chi connectivity index (χ4n) is 2.06. The maximum absolute atomic E-state index is 12.1. The molecule has 0 radical (unpaired) electrons. The van der Waals surface area contributed by atoms with Gasteiger partial charge in [-0.05, 0) is 25.0 Å². The first-order chi connectivity index (χ1) is 9.61. The standard InChI is InChI=1S/C14H19N5O/c1-10-5-3-4-6-12(10)11(2)16-14(20)13-9-19(8-7-15)18-17-13/h3-6,9,11H,7-8,15H2,1-2H3,(H,16,20)/t11-/m0/s1. The zero-order valence-electron chi connectivity index (χ0n) is 11.7. The molecule has 0 saturated heterocycles. The van der Waals surface area contributed by atoms with Gasteiger partial charge >= 0.3 is 0 Å². The molecule has 2 rings (SSSR count). The van der Waals surface area contributed by atoms with Crippen LogP contribution in [0.1, 0.15) is 34.6 Å². The van der Waals surface area contributed by atoms with Crippen molar-refractivity contribution in [1.82, 2.24) is 20.3 Å². The summed E-state index contributed by atoms with van der Waals surface area (Å²) in [5.41, 5.74) is 7.97. The topological polar surface area (TPSA) is 85.8 Å². The van der Waals surface area contributed by atoms with E-state index in [2.05, 4.69) is 15.6 Å². The molecule has 0 aliphatic carbocycles. The first kappa shape index (κ1) is 14.2. The first-order valence-electron chi connectivity index (χ1n) is 6.58. The normalized spacial score (nSPS) is 12.2. The third-order valence-corrected chi connectivity index (χ3v) is 3.13. The Bertz CT molecular complexity index is 593. The number of nitrogens with zero attached hydrogens (tertiary/aromatic N) is 3. The van der Waals surface area contributed by atoms with Crippen molar-refractivity contribution in [2.75, 3.05) is 6.54 Å². The second kappa shape index (κ2) is 6.29. The fraction of sp³-hybridized carbons (Fsp3) is 0.357. The highest BCUT2D eigenvalue weighted by Crippen LogP contribution is 2.16. The lowest BCUT2D eigenvalue weighted by molar-refractivity contribution is 0.0934. The average molecular weight is 273 g/mol. The van der Waals surface area contributed by atoms with Gasteiger partial charge in [-0.3, -0.25) is 9.48 Å². The number of amides is 1. The molecule has 0 bridgehead atoms. The third-order valence-electron chi connectivity index (χ3n) is 3.13. The summed E-state index contributed by atoms with van der Waals surface area (Å²) in [5.74, 6) is -0.232. The lowest BCUT2D eigenvalue weighted by Crippen LogP contribution is -2.27. The van der Waals surface area contributed by atoms with Crippen molar-refractivity contribution >= 4 is 5.91 Å². The quantitative estimate of drug-likeness (QED) is 0.852. The van der Waals surface area contributed by atoms with Crippen LogP contribution in [0.5, 0.6) is 0 Å². The average Bonchev–Trinajstić information content (AvgIpc) is 2.88. The number of hydrogen-bond acceptors (Lipinski definition) is 4. The zero-order chi connectivity index (χ0) is 14.5. The molecule has 3 N–H and O–H groups in total. The van der Waals surface area contributed by atoms with Crippen molar-refractivity contribution in [2.24, 2.45) is 5.73 Å². The molecule has 2 aromatic rings. The molecule has 1 aromatic heterocycles. The van der Waals surface area contributed by atoms with Crippen LogP contribution in [-0.2, 0) is 6.54 Å². The van der Waals surface area contributed by atoms with E-state index in [1.807, 2.05) is 38.1 Å². The van der Waals surface area contributed by atoms with E-state index in [-0.39, 0.29) is 11.9 Å². The van der Waals surface area contributed by atoms with E-state index in [0.717, 1.165) is 11.1 Å². The zero-order valence-corrected chi connectivity index (χ0v) is 11.7. The van der Waals surface area contributed by atoms with Crippen LogP contribution < -0.4 is 11.1 Å². The largest absolute Gasteiger partial charge is 0.344 e. The second-order valence-electron chi connectivity index (χ2n) is 4.71. The van der Waals surface area contributed by atoms with E-state index in [1.165, 1.54) is 0 Å². The SMILES string of the molecule is Cc1ccccc1[C@H](C)NC(=O)c1cn(CCN)nn1. The van der Waals surface area contributed by atoms with Crippen molar-refractivity contribution in [3.05, 3.63) is 47.3 Å². The highest BCUT2D eigenvalue weighted by atomic mass is 16.2. The number of carbonyl (C=O) groups excluding carboxylic acids is 1. The Morgan fingerprint density at radius 2 is 2.20 bits per heavy atom. The van der Waals surface area contributed by atoms with Gasteiger partial charge in [-0.1, -0.05) is 29.5 Å². The summed E-state index contributed by atoms with van der Waals surface area (Å²) in [7, 11) is 0. The van der Waals surface area contributed by atoms with E-state index < -0.39 is 0 Å². The summed E-state index contributed by atoms with van der Waals surface area (Å²) in [5, 5.41) is 10.6. The molecular formula is C14H19N5O. The molecule has 20 heavy (non-hydrogen) atoms. The number of carbonyl (C=O) groups is 1. The predicted molar refractivity (Wildman–Crippen MR) is 76.1 cm³/mol. The van der Waals surface area contributed by atoms with Gasteiger partial charge in [0.05, 0.1) is 18.8 Å². The molecule has 6 nitrogen and oxygen atoms in total. The van der Waals surface area contributed by atoms with Crippen LogP contribution in [-0.4, -0.2) is 27.4 Å². The molecule has 1 atom stereocenters. The van der Waals surface area contributed by atoms with Crippen LogP contribution in [0.3, 0.4) is 0 Å². The number of benzene rings is 1. The lowest BCUT2D eigenvalue weighted by atomic mass is 10.0. The molecule has 0 saturated carbocycles. The number of rotatable bonds is 5. The molecule has 1 aromatic carbocycles. The Morgan fingerprint density at radius 3 is 2.90 bits per heavy atom. The molecule has 0 unspecified atom stereocenters. The van der Waals surface area contributed by atoms with Crippen LogP contribution in [0, 0.1) is 6.92 Å². The Labute approximate surface area is 118 Å². The van der Waals surface area contributed by atoms with E-state index in [0.29, 0.717) is 18.8 Å². The van der Waals surface area contributed by atoms with Crippen LogP contribution in [0.2, 0.25) is 0 Å². The summed E-state index contributed by atoms with van der Waals surface area (Å²) >= 11 is 0. The fourth-order valence-corrected chi connectivity index (χ4v) is 2.06. The second-order valence-corrected chi connectivity index (χ2v) is 4.71. The minimum Gasteiger partial charge on any atom is -0.344 e. The van der Waals surface area contributed by atoms with Gasteiger partial charge < -0.3 is 11.1 Å². The summed E-state index contributed by atoms with van der Waals surface area (Å²) in [6, 6.07) is 7.89. The maximum atomic E-state index is 12.1. The Balaban J connectivity index is 2.05. The van der Waals surface area contributed by atoms with E-state index in [1.54, 1.807) is 10.9 Å². The van der Waals surface area contributed by atoms with Crippen molar-refractivity contribution in [3.63, 3.8) is 0 Å². The molecule has 0 spiro atoms. The Morgan fingerprint density at radius 1 is 1.45 bits per heavy atom. The van der Waals surface area contributed by atoms with Crippen molar-refractivity contribution in [3.8, 4) is 0 Å². The molecule has 106 valence electrons. The minimum atomic E-state index is -0.232. The predicted octanol–water partition coefficient (Wildman–Crippen LogP) is 1.04. The molecular weight excluding hydrogens is 254 g/mol. The van der Waals surface area contributed by atoms with Gasteiger partial charge in [-0.25, -0.2) is 0 Å². The van der Waals surface area contributed by atoms with Gasteiger partial charge in [0.15, 0.2) is 5.69 Å². The van der Waals surface area contributed by atoms with Gasteiger partial charge in [-0.15, -0.1) is 5.10 Å². The number of aromatic nitrogens is 3. The highest BCUT2D eigenvalue weighted by Gasteiger charge is 2.15. The molecule has 1 amide bonds. The number of aryl methyl sites for hydroxylation is 1. The lowest BCUT2D eigenvalue weighted by Gasteiger charge is -2.15. The van der Waals surface area contributed by atoms with Crippen LogP contribution in [0.25, 0.3) is 0 Å². The molecule has 0 aliphatic rings. The van der Waals surface area contributed by atoms with Crippen molar-refractivity contribution in [1.29, 1.82) is 0 Å². The molecule has 6 heteroatoms. The summed E-state index contributed by atoms with van der Waals surface area (Å²) < 4.78 is 1.56. The highest BCUT2D eigenvalue weighted by molar-refractivity contribution is 5.92. The number of hydrogen-bond donors (Lipinski definition) is 2. The van der Waals surface area contributed by atoms with Crippen LogP contribution >= 0.6 is 0 Å². The van der Waals surface area contributed by atoms with Crippen molar-refractivity contribution < 1.29 is 4.79 Å². The molecule has 1 heterocycles. The summed E-state index contributed by atoms with van der Waals surface area (Å²) in [6.07, 6.45) is 1.60.